The highest BCUT2D eigenvalue weighted by atomic mass is 31.2. The van der Waals surface area contributed by atoms with Crippen LogP contribution in [-0.2, 0) is 27.3 Å². The van der Waals surface area contributed by atoms with Crippen LogP contribution in [0.1, 0.15) is 66.7 Å². The standard InChI is InChI=1S/C28H54NO6PSi2/c1-12-33-36(32,35-38(9,10)11)22-26(28(31)34-37(6,7)8)27(30)29-21-15-20-25(5)19-14-18-24(4)17-13-16-23(2)3/h16,18,20,26H,12-15,17,19,21-22H2,1-11H3,(H,29,30)/b24-18+,25-20+. The summed E-state index contributed by atoms with van der Waals surface area (Å²) in [7, 11) is -8.19. The van der Waals surface area contributed by atoms with Crippen molar-refractivity contribution in [2.24, 2.45) is 5.92 Å². The second-order valence-electron chi connectivity index (χ2n) is 12.0. The molecule has 0 fully saturated rings. The molecule has 10 heteroatoms. The van der Waals surface area contributed by atoms with E-state index in [1.807, 2.05) is 39.3 Å². The first-order valence-electron chi connectivity index (χ1n) is 13.8. The minimum Gasteiger partial charge on any atom is -0.519 e. The first-order chi connectivity index (χ1) is 17.4. The Hall–Kier alpha value is -1.26. The zero-order valence-corrected chi connectivity index (χ0v) is 28.8. The normalized spacial score (nSPS) is 15.4. The smallest absolute Gasteiger partial charge is 0.322 e. The number of carbonyl (C=O) groups excluding carboxylic acids is 2. The van der Waals surface area contributed by atoms with Crippen molar-refractivity contribution in [1.29, 1.82) is 0 Å². The molecule has 1 N–H and O–H groups in total. The van der Waals surface area contributed by atoms with Crippen molar-refractivity contribution in [2.45, 2.75) is 106 Å². The lowest BCUT2D eigenvalue weighted by molar-refractivity contribution is -0.144. The summed E-state index contributed by atoms with van der Waals surface area (Å²) in [5, 5.41) is 2.83. The van der Waals surface area contributed by atoms with E-state index in [0.717, 1.165) is 25.7 Å². The fraction of sp³-hybridized carbons (Fsp3) is 0.714. The zero-order valence-electron chi connectivity index (χ0n) is 25.9. The summed E-state index contributed by atoms with van der Waals surface area (Å²) in [6.07, 6.45) is 11.1. The van der Waals surface area contributed by atoms with E-state index in [1.165, 1.54) is 16.7 Å². The molecule has 0 heterocycles. The highest BCUT2D eigenvalue weighted by Gasteiger charge is 2.41. The summed E-state index contributed by atoms with van der Waals surface area (Å²) in [6.45, 7) is 22.0. The molecule has 0 bridgehead atoms. The maximum Gasteiger partial charge on any atom is 0.322 e. The Bertz CT molecular complexity index is 896. The van der Waals surface area contributed by atoms with E-state index in [9.17, 15) is 14.2 Å². The Morgan fingerprint density at radius 3 is 1.84 bits per heavy atom. The number of rotatable bonds is 18. The van der Waals surface area contributed by atoms with E-state index in [-0.39, 0.29) is 12.8 Å². The molecule has 1 amide bonds. The van der Waals surface area contributed by atoms with Gasteiger partial charge in [-0.2, -0.15) is 0 Å². The second kappa shape index (κ2) is 17.4. The van der Waals surface area contributed by atoms with E-state index in [0.29, 0.717) is 13.0 Å². The molecule has 7 nitrogen and oxygen atoms in total. The SMILES string of the molecule is CCOP(=O)(CC(C(=O)NCC/C=C(\C)CC/C=C(\C)CCC=C(C)C)C(=O)O[Si](C)(C)C)O[Si](C)(C)C. The van der Waals surface area contributed by atoms with Crippen molar-refractivity contribution < 1.29 is 27.3 Å². The Kier molecular flexibility index (Phi) is 16.9. The van der Waals surface area contributed by atoms with E-state index in [1.54, 1.807) is 6.92 Å². The Labute approximate surface area is 234 Å². The number of carbonyl (C=O) groups is 2. The molecule has 0 saturated heterocycles. The Morgan fingerprint density at radius 2 is 1.37 bits per heavy atom. The van der Waals surface area contributed by atoms with Crippen LogP contribution in [0.5, 0.6) is 0 Å². The van der Waals surface area contributed by atoms with Gasteiger partial charge in [0.25, 0.3) is 0 Å². The molecule has 0 radical (unpaired) electrons. The second-order valence-corrected chi connectivity index (χ2v) is 23.3. The van der Waals surface area contributed by atoms with Crippen LogP contribution in [-0.4, -0.2) is 47.8 Å². The topological polar surface area (TPSA) is 90.9 Å². The van der Waals surface area contributed by atoms with Gasteiger partial charge in [-0.1, -0.05) is 34.9 Å². The van der Waals surface area contributed by atoms with Gasteiger partial charge in [0.1, 0.15) is 5.92 Å². The summed E-state index contributed by atoms with van der Waals surface area (Å²) in [4.78, 5) is 26.1. The van der Waals surface area contributed by atoms with Gasteiger partial charge in [-0.25, -0.2) is 0 Å². The quantitative estimate of drug-likeness (QED) is 0.0575. The number of hydrogen-bond acceptors (Lipinski definition) is 6. The highest BCUT2D eigenvalue weighted by Crippen LogP contribution is 2.52. The van der Waals surface area contributed by atoms with Gasteiger partial charge in [-0.05, 0) is 106 Å². The van der Waals surface area contributed by atoms with Crippen LogP contribution < -0.4 is 5.32 Å². The maximum absolute atomic E-state index is 13.5. The summed E-state index contributed by atoms with van der Waals surface area (Å²) >= 11 is 0. The van der Waals surface area contributed by atoms with Crippen LogP contribution in [0.2, 0.25) is 39.3 Å². The molecular formula is C28H54NO6PSi2. The predicted molar refractivity (Wildman–Crippen MR) is 164 cm³/mol. The van der Waals surface area contributed by atoms with Crippen LogP contribution in [0.15, 0.2) is 34.9 Å². The molecule has 38 heavy (non-hydrogen) atoms. The maximum atomic E-state index is 13.5. The van der Waals surface area contributed by atoms with Crippen molar-refractivity contribution in [3.63, 3.8) is 0 Å². The molecule has 0 saturated carbocycles. The summed E-state index contributed by atoms with van der Waals surface area (Å²) in [6, 6.07) is 0. The molecule has 0 aromatic rings. The Morgan fingerprint density at radius 1 is 0.842 bits per heavy atom. The van der Waals surface area contributed by atoms with Crippen molar-refractivity contribution in [2.75, 3.05) is 19.3 Å². The van der Waals surface area contributed by atoms with E-state index in [2.05, 4.69) is 51.2 Å². The lowest BCUT2D eigenvalue weighted by atomic mass is 10.1. The van der Waals surface area contributed by atoms with Gasteiger partial charge >= 0.3 is 13.6 Å². The highest BCUT2D eigenvalue weighted by molar-refractivity contribution is 7.55. The minimum absolute atomic E-state index is 0.160. The van der Waals surface area contributed by atoms with Crippen LogP contribution >= 0.6 is 7.60 Å². The number of nitrogens with one attached hydrogen (secondary N) is 1. The van der Waals surface area contributed by atoms with Gasteiger partial charge < -0.3 is 18.5 Å². The molecule has 0 aliphatic heterocycles. The van der Waals surface area contributed by atoms with Gasteiger partial charge in [-0.15, -0.1) is 0 Å². The number of allylic oxidation sites excluding steroid dienone is 5. The van der Waals surface area contributed by atoms with Crippen molar-refractivity contribution in [3.8, 4) is 0 Å². The summed E-state index contributed by atoms with van der Waals surface area (Å²) in [5.74, 6) is -2.42. The molecule has 0 rings (SSSR count). The third-order valence-corrected chi connectivity index (χ3v) is 10.8. The molecule has 0 aromatic carbocycles. The molecular weight excluding hydrogens is 533 g/mol. The fourth-order valence-corrected chi connectivity index (χ4v) is 9.42. The molecule has 0 aliphatic rings. The molecule has 0 aliphatic carbocycles. The zero-order chi connectivity index (χ0) is 29.6. The molecule has 220 valence electrons. The van der Waals surface area contributed by atoms with Gasteiger partial charge in [0.05, 0.1) is 12.8 Å². The van der Waals surface area contributed by atoms with Crippen LogP contribution in [0, 0.1) is 5.92 Å². The van der Waals surface area contributed by atoms with E-state index in [4.69, 9.17) is 13.2 Å². The van der Waals surface area contributed by atoms with Gasteiger partial charge in [0.2, 0.25) is 14.2 Å². The largest absolute Gasteiger partial charge is 0.519 e. The summed E-state index contributed by atoms with van der Waals surface area (Å²) < 4.78 is 30.4. The van der Waals surface area contributed by atoms with Gasteiger partial charge in [0.15, 0.2) is 8.32 Å². The van der Waals surface area contributed by atoms with Crippen LogP contribution in [0.4, 0.5) is 0 Å². The summed E-state index contributed by atoms with van der Waals surface area (Å²) in [5.41, 5.74) is 4.01. The predicted octanol–water partition coefficient (Wildman–Crippen LogP) is 7.99. The molecule has 0 aromatic heterocycles. The fourth-order valence-electron chi connectivity index (χ4n) is 3.57. The van der Waals surface area contributed by atoms with E-state index < -0.39 is 42.0 Å². The lowest BCUT2D eigenvalue weighted by Gasteiger charge is -2.29. The molecule has 2 unspecified atom stereocenters. The van der Waals surface area contributed by atoms with Crippen molar-refractivity contribution in [1.82, 2.24) is 5.32 Å². The van der Waals surface area contributed by atoms with Crippen LogP contribution in [0.25, 0.3) is 0 Å². The molecule has 0 spiro atoms. The number of hydrogen-bond donors (Lipinski definition) is 1. The molecule has 2 atom stereocenters. The average Bonchev–Trinajstić information content (AvgIpc) is 2.72. The first-order valence-corrected chi connectivity index (χ1v) is 22.3. The average molecular weight is 588 g/mol. The Balaban J connectivity index is 5.14. The first kappa shape index (κ1) is 36.7. The van der Waals surface area contributed by atoms with Gasteiger partial charge in [-0.3, -0.25) is 14.2 Å². The third kappa shape index (κ3) is 18.9. The lowest BCUT2D eigenvalue weighted by Crippen LogP contribution is -2.43. The minimum atomic E-state index is -3.66. The number of amides is 1. The monoisotopic (exact) mass is 587 g/mol. The third-order valence-electron chi connectivity index (χ3n) is 5.21. The van der Waals surface area contributed by atoms with Crippen molar-refractivity contribution >= 4 is 36.1 Å². The van der Waals surface area contributed by atoms with Crippen LogP contribution in [0.3, 0.4) is 0 Å². The van der Waals surface area contributed by atoms with Gasteiger partial charge in [0, 0.05) is 6.54 Å². The van der Waals surface area contributed by atoms with E-state index >= 15 is 0 Å². The van der Waals surface area contributed by atoms with Crippen molar-refractivity contribution in [3.05, 3.63) is 34.9 Å².